The van der Waals surface area contributed by atoms with E-state index in [4.69, 9.17) is 5.73 Å². The summed E-state index contributed by atoms with van der Waals surface area (Å²) in [4.78, 5) is 17.4. The first-order chi connectivity index (χ1) is 8.29. The Hall–Kier alpha value is -1.52. The Bertz CT molecular complexity index is 299. The average molecular weight is 239 g/mol. The maximum Gasteiger partial charge on any atom is 0.404 e. The van der Waals surface area contributed by atoms with E-state index >= 15 is 0 Å². The summed E-state index contributed by atoms with van der Waals surface area (Å²) in [6.07, 6.45) is 10.8. The number of aromatic amines is 1. The molecule has 1 rings (SSSR count). The molecule has 1 aromatic rings. The molecule has 3 N–H and O–H groups in total. The number of aryl methyl sites for hydroxylation is 1. The summed E-state index contributed by atoms with van der Waals surface area (Å²) < 4.78 is 4.65. The van der Waals surface area contributed by atoms with Gasteiger partial charge in [0.05, 0.1) is 12.9 Å². The lowest BCUT2D eigenvalue weighted by Gasteiger charge is -2.02. The van der Waals surface area contributed by atoms with E-state index in [2.05, 4.69) is 14.7 Å². The fraction of sp³-hybridized carbons (Fsp3) is 0.667. The van der Waals surface area contributed by atoms with Crippen molar-refractivity contribution in [3.63, 3.8) is 0 Å². The lowest BCUT2D eigenvalue weighted by atomic mass is 10.1. The topological polar surface area (TPSA) is 81.0 Å². The molecule has 0 saturated carbocycles. The Morgan fingerprint density at radius 1 is 1.24 bits per heavy atom. The highest BCUT2D eigenvalue weighted by Crippen LogP contribution is 2.08. The van der Waals surface area contributed by atoms with Gasteiger partial charge >= 0.3 is 6.09 Å². The van der Waals surface area contributed by atoms with Crippen LogP contribution in [-0.2, 0) is 11.2 Å². The van der Waals surface area contributed by atoms with E-state index in [1.165, 1.54) is 31.4 Å². The number of unbranched alkanes of at least 4 members (excludes halogenated alkanes) is 5. The molecule has 0 aliphatic rings. The third kappa shape index (κ3) is 7.38. The summed E-state index contributed by atoms with van der Waals surface area (Å²) in [5.74, 6) is 0. The third-order valence-electron chi connectivity index (χ3n) is 2.64. The van der Waals surface area contributed by atoms with Crippen molar-refractivity contribution >= 4 is 6.09 Å². The van der Waals surface area contributed by atoms with Gasteiger partial charge in [0.15, 0.2) is 0 Å². The van der Waals surface area contributed by atoms with Crippen LogP contribution in [0.25, 0.3) is 0 Å². The monoisotopic (exact) mass is 239 g/mol. The number of carbonyl (C=O) groups is 1. The van der Waals surface area contributed by atoms with E-state index in [-0.39, 0.29) is 0 Å². The molecular formula is C12H21N3O2. The van der Waals surface area contributed by atoms with Gasteiger partial charge in [-0.1, -0.05) is 25.7 Å². The first-order valence-electron chi connectivity index (χ1n) is 6.18. The summed E-state index contributed by atoms with van der Waals surface area (Å²) in [7, 11) is 0. The molecule has 1 aromatic heterocycles. The zero-order valence-corrected chi connectivity index (χ0v) is 10.2. The molecule has 5 heteroatoms. The fourth-order valence-electron chi connectivity index (χ4n) is 1.72. The standard InChI is InChI=1S/C12H21N3O2/c13-12(16)17-8-6-4-2-1-3-5-7-11-9-14-10-15-11/h9-10H,1-8H2,(H2,13,16)(H,14,15). The number of aromatic nitrogens is 2. The second kappa shape index (κ2) is 8.61. The number of nitrogens with one attached hydrogen (secondary N) is 1. The molecular weight excluding hydrogens is 218 g/mol. The van der Waals surface area contributed by atoms with Crippen molar-refractivity contribution in [2.45, 2.75) is 44.9 Å². The lowest BCUT2D eigenvalue weighted by molar-refractivity contribution is 0.154. The molecule has 5 nitrogen and oxygen atoms in total. The van der Waals surface area contributed by atoms with Gasteiger partial charge < -0.3 is 15.5 Å². The van der Waals surface area contributed by atoms with Gasteiger partial charge in [0.2, 0.25) is 0 Å². The molecule has 0 spiro atoms. The summed E-state index contributed by atoms with van der Waals surface area (Å²) in [5, 5.41) is 0. The van der Waals surface area contributed by atoms with E-state index in [1.807, 2.05) is 6.20 Å². The quantitative estimate of drug-likeness (QED) is 0.649. The van der Waals surface area contributed by atoms with Gasteiger partial charge in [-0.3, -0.25) is 0 Å². The minimum Gasteiger partial charge on any atom is -0.450 e. The Kier molecular flexibility index (Phi) is 6.86. The molecule has 17 heavy (non-hydrogen) atoms. The predicted molar refractivity (Wildman–Crippen MR) is 65.5 cm³/mol. The van der Waals surface area contributed by atoms with Gasteiger partial charge in [-0.25, -0.2) is 9.78 Å². The molecule has 0 radical (unpaired) electrons. The maximum absolute atomic E-state index is 10.3. The molecule has 0 bridgehead atoms. The van der Waals surface area contributed by atoms with Crippen molar-refractivity contribution in [2.75, 3.05) is 6.61 Å². The molecule has 96 valence electrons. The molecule has 0 aliphatic carbocycles. The van der Waals surface area contributed by atoms with Gasteiger partial charge in [-0.15, -0.1) is 0 Å². The molecule has 0 saturated heterocycles. The van der Waals surface area contributed by atoms with Crippen LogP contribution in [0.4, 0.5) is 4.79 Å². The van der Waals surface area contributed by atoms with E-state index < -0.39 is 6.09 Å². The third-order valence-corrected chi connectivity index (χ3v) is 2.64. The Morgan fingerprint density at radius 2 is 1.94 bits per heavy atom. The highest BCUT2D eigenvalue weighted by molar-refractivity contribution is 5.64. The number of imidazole rings is 1. The van der Waals surface area contributed by atoms with Crippen molar-refractivity contribution in [2.24, 2.45) is 5.73 Å². The molecule has 0 unspecified atom stereocenters. The van der Waals surface area contributed by atoms with Crippen LogP contribution in [0.5, 0.6) is 0 Å². The van der Waals surface area contributed by atoms with Crippen LogP contribution in [0.1, 0.15) is 44.2 Å². The number of hydrogen-bond donors (Lipinski definition) is 2. The fourth-order valence-corrected chi connectivity index (χ4v) is 1.72. The maximum atomic E-state index is 10.3. The molecule has 1 amide bonds. The van der Waals surface area contributed by atoms with Crippen LogP contribution in [-0.4, -0.2) is 22.7 Å². The normalized spacial score (nSPS) is 10.4. The number of rotatable bonds is 9. The van der Waals surface area contributed by atoms with Crippen molar-refractivity contribution < 1.29 is 9.53 Å². The highest BCUT2D eigenvalue weighted by atomic mass is 16.5. The van der Waals surface area contributed by atoms with Crippen LogP contribution >= 0.6 is 0 Å². The molecule has 0 aromatic carbocycles. The summed E-state index contributed by atoms with van der Waals surface area (Å²) in [5.41, 5.74) is 6.06. The van der Waals surface area contributed by atoms with Crippen molar-refractivity contribution in [1.29, 1.82) is 0 Å². The smallest absolute Gasteiger partial charge is 0.404 e. The van der Waals surface area contributed by atoms with Crippen LogP contribution < -0.4 is 5.73 Å². The molecule has 0 aliphatic heterocycles. The predicted octanol–water partition coefficient (Wildman–Crippen LogP) is 2.39. The second-order valence-electron chi connectivity index (χ2n) is 4.12. The van der Waals surface area contributed by atoms with Crippen molar-refractivity contribution in [1.82, 2.24) is 9.97 Å². The van der Waals surface area contributed by atoms with Crippen LogP contribution in [0.2, 0.25) is 0 Å². The summed E-state index contributed by atoms with van der Waals surface area (Å²) in [6, 6.07) is 0. The zero-order chi connectivity index (χ0) is 12.3. The number of hydrogen-bond acceptors (Lipinski definition) is 3. The number of carbonyl (C=O) groups excluding carboxylic acids is 1. The van der Waals surface area contributed by atoms with Gasteiger partial charge in [-0.05, 0) is 19.3 Å². The number of amides is 1. The number of H-pyrrole nitrogens is 1. The van der Waals surface area contributed by atoms with Gasteiger partial charge in [0.1, 0.15) is 0 Å². The van der Waals surface area contributed by atoms with Gasteiger partial charge in [-0.2, -0.15) is 0 Å². The van der Waals surface area contributed by atoms with Gasteiger partial charge in [0.25, 0.3) is 0 Å². The molecule has 0 fully saturated rings. The van der Waals surface area contributed by atoms with E-state index in [0.29, 0.717) is 6.61 Å². The molecule has 0 atom stereocenters. The first kappa shape index (κ1) is 13.5. The Morgan fingerprint density at radius 3 is 2.59 bits per heavy atom. The van der Waals surface area contributed by atoms with Crippen molar-refractivity contribution in [3.05, 3.63) is 18.2 Å². The van der Waals surface area contributed by atoms with E-state index in [1.54, 1.807) is 6.33 Å². The average Bonchev–Trinajstić information content (AvgIpc) is 2.79. The minimum absolute atomic E-state index is 0.448. The van der Waals surface area contributed by atoms with Crippen molar-refractivity contribution in [3.8, 4) is 0 Å². The van der Waals surface area contributed by atoms with Crippen LogP contribution in [0.3, 0.4) is 0 Å². The zero-order valence-electron chi connectivity index (χ0n) is 10.2. The van der Waals surface area contributed by atoms with E-state index in [0.717, 1.165) is 19.3 Å². The van der Waals surface area contributed by atoms with Crippen LogP contribution in [0.15, 0.2) is 12.5 Å². The van der Waals surface area contributed by atoms with Gasteiger partial charge in [0, 0.05) is 11.9 Å². The Balaban J connectivity index is 1.80. The largest absolute Gasteiger partial charge is 0.450 e. The first-order valence-corrected chi connectivity index (χ1v) is 6.18. The molecule has 1 heterocycles. The minimum atomic E-state index is -0.676. The SMILES string of the molecule is NC(=O)OCCCCCCCCc1cnc[nH]1. The lowest BCUT2D eigenvalue weighted by Crippen LogP contribution is -2.13. The second-order valence-corrected chi connectivity index (χ2v) is 4.12. The summed E-state index contributed by atoms with van der Waals surface area (Å²) in [6.45, 7) is 0.448. The number of nitrogens with two attached hydrogens (primary N) is 1. The Labute approximate surface area is 102 Å². The number of ether oxygens (including phenoxy) is 1. The number of nitrogens with zero attached hydrogens (tertiary/aromatic N) is 1. The van der Waals surface area contributed by atoms with E-state index in [9.17, 15) is 4.79 Å². The van der Waals surface area contributed by atoms with Crippen LogP contribution in [0, 0.1) is 0 Å². The summed E-state index contributed by atoms with van der Waals surface area (Å²) >= 11 is 0. The number of primary amides is 1. The highest BCUT2D eigenvalue weighted by Gasteiger charge is 1.96.